The molecule has 6 heteroatoms. The molecule has 3 N–H and O–H groups in total. The van der Waals surface area contributed by atoms with Crippen molar-refractivity contribution in [3.05, 3.63) is 59.1 Å². The zero-order valence-electron chi connectivity index (χ0n) is 10.0. The molecule has 0 fully saturated rings. The van der Waals surface area contributed by atoms with Crippen molar-refractivity contribution in [2.75, 3.05) is 4.72 Å². The monoisotopic (exact) mass is 296 g/mol. The van der Waals surface area contributed by atoms with Crippen molar-refractivity contribution in [1.82, 2.24) is 0 Å². The van der Waals surface area contributed by atoms with Crippen LogP contribution in [0.1, 0.15) is 5.56 Å². The van der Waals surface area contributed by atoms with E-state index in [0.29, 0.717) is 10.7 Å². The Morgan fingerprint density at radius 2 is 1.84 bits per heavy atom. The molecule has 0 saturated heterocycles. The molecule has 100 valence electrons. The van der Waals surface area contributed by atoms with Crippen molar-refractivity contribution < 1.29 is 8.42 Å². The Balaban J connectivity index is 2.35. The summed E-state index contributed by atoms with van der Waals surface area (Å²) in [6.45, 7) is 0.287. The average Bonchev–Trinajstić information content (AvgIpc) is 2.41. The van der Waals surface area contributed by atoms with Crippen LogP contribution in [0.5, 0.6) is 0 Å². The SMILES string of the molecule is NCc1cccc(S(=O)(=O)Nc2ccccc2Cl)c1. The maximum absolute atomic E-state index is 12.2. The van der Waals surface area contributed by atoms with Crippen LogP contribution in [0.4, 0.5) is 5.69 Å². The topological polar surface area (TPSA) is 72.2 Å². The molecule has 2 aromatic carbocycles. The van der Waals surface area contributed by atoms with Gasteiger partial charge in [-0.25, -0.2) is 8.42 Å². The molecule has 2 rings (SSSR count). The maximum Gasteiger partial charge on any atom is 0.261 e. The van der Waals surface area contributed by atoms with Crippen LogP contribution in [0.3, 0.4) is 0 Å². The molecule has 0 spiro atoms. The molecule has 0 bridgehead atoms. The van der Waals surface area contributed by atoms with Crippen LogP contribution < -0.4 is 10.5 Å². The third-order valence-corrected chi connectivity index (χ3v) is 4.26. The number of nitrogens with two attached hydrogens (primary N) is 1. The van der Waals surface area contributed by atoms with E-state index in [4.69, 9.17) is 17.3 Å². The van der Waals surface area contributed by atoms with Crippen LogP contribution in [0, 0.1) is 0 Å². The molecule has 0 amide bonds. The lowest BCUT2D eigenvalue weighted by atomic mass is 10.2. The van der Waals surface area contributed by atoms with Crippen molar-refractivity contribution in [3.8, 4) is 0 Å². The maximum atomic E-state index is 12.2. The molecular weight excluding hydrogens is 284 g/mol. The van der Waals surface area contributed by atoms with Crippen molar-refractivity contribution in [2.45, 2.75) is 11.4 Å². The number of anilines is 1. The molecule has 0 heterocycles. The zero-order valence-corrected chi connectivity index (χ0v) is 11.6. The summed E-state index contributed by atoms with van der Waals surface area (Å²) < 4.78 is 26.9. The van der Waals surface area contributed by atoms with Gasteiger partial charge < -0.3 is 5.73 Å². The summed E-state index contributed by atoms with van der Waals surface area (Å²) in [5, 5.41) is 0.348. The summed E-state index contributed by atoms with van der Waals surface area (Å²) in [4.78, 5) is 0.162. The molecule has 2 aromatic rings. The van der Waals surface area contributed by atoms with Gasteiger partial charge in [0.2, 0.25) is 0 Å². The van der Waals surface area contributed by atoms with Gasteiger partial charge in [0, 0.05) is 6.54 Å². The third-order valence-electron chi connectivity index (χ3n) is 2.56. The number of halogens is 1. The fraction of sp³-hybridized carbons (Fsp3) is 0.0769. The summed E-state index contributed by atoms with van der Waals surface area (Å²) in [6.07, 6.45) is 0. The van der Waals surface area contributed by atoms with Gasteiger partial charge in [-0.2, -0.15) is 0 Å². The van der Waals surface area contributed by atoms with E-state index in [2.05, 4.69) is 4.72 Å². The Kier molecular flexibility index (Phi) is 4.09. The Bertz CT molecular complexity index is 687. The lowest BCUT2D eigenvalue weighted by Gasteiger charge is -2.10. The van der Waals surface area contributed by atoms with Gasteiger partial charge in [0.25, 0.3) is 10.0 Å². The van der Waals surface area contributed by atoms with Gasteiger partial charge in [0.1, 0.15) is 0 Å². The van der Waals surface area contributed by atoms with Crippen LogP contribution in [0.2, 0.25) is 5.02 Å². The van der Waals surface area contributed by atoms with E-state index in [-0.39, 0.29) is 11.4 Å². The summed E-state index contributed by atoms with van der Waals surface area (Å²) >= 11 is 5.93. The number of sulfonamides is 1. The van der Waals surface area contributed by atoms with E-state index in [0.717, 1.165) is 5.56 Å². The van der Waals surface area contributed by atoms with Gasteiger partial charge in [0.05, 0.1) is 15.6 Å². The van der Waals surface area contributed by atoms with Crippen LogP contribution in [-0.4, -0.2) is 8.42 Å². The Morgan fingerprint density at radius 1 is 1.11 bits per heavy atom. The highest BCUT2D eigenvalue weighted by molar-refractivity contribution is 7.92. The molecule has 0 radical (unpaired) electrons. The highest BCUT2D eigenvalue weighted by Gasteiger charge is 2.15. The zero-order chi connectivity index (χ0) is 13.9. The predicted octanol–water partition coefficient (Wildman–Crippen LogP) is 2.60. The van der Waals surface area contributed by atoms with Crippen LogP contribution in [0.25, 0.3) is 0 Å². The quantitative estimate of drug-likeness (QED) is 0.911. The molecule has 19 heavy (non-hydrogen) atoms. The van der Waals surface area contributed by atoms with E-state index < -0.39 is 10.0 Å². The number of benzene rings is 2. The fourth-order valence-corrected chi connectivity index (χ4v) is 2.98. The van der Waals surface area contributed by atoms with Crippen molar-refractivity contribution in [3.63, 3.8) is 0 Å². The fourth-order valence-electron chi connectivity index (χ4n) is 1.59. The highest BCUT2D eigenvalue weighted by atomic mass is 35.5. The summed E-state index contributed by atoms with van der Waals surface area (Å²) in [6, 6.07) is 13.1. The second kappa shape index (κ2) is 5.61. The molecule has 0 atom stereocenters. The van der Waals surface area contributed by atoms with Crippen molar-refractivity contribution in [1.29, 1.82) is 0 Å². The summed E-state index contributed by atoms with van der Waals surface area (Å²) in [7, 11) is -3.66. The average molecular weight is 297 g/mol. The first-order chi connectivity index (χ1) is 9.03. The van der Waals surface area contributed by atoms with Gasteiger partial charge in [0.15, 0.2) is 0 Å². The molecule has 0 aliphatic rings. The largest absolute Gasteiger partial charge is 0.326 e. The van der Waals surface area contributed by atoms with Gasteiger partial charge >= 0.3 is 0 Å². The number of hydrogen-bond acceptors (Lipinski definition) is 3. The molecule has 0 aliphatic heterocycles. The Morgan fingerprint density at radius 3 is 2.53 bits per heavy atom. The standard InChI is InChI=1S/C13H13ClN2O2S/c14-12-6-1-2-7-13(12)16-19(17,18)11-5-3-4-10(8-11)9-15/h1-8,16H,9,15H2. The Hall–Kier alpha value is -1.56. The number of hydrogen-bond donors (Lipinski definition) is 2. The van der Waals surface area contributed by atoms with E-state index in [9.17, 15) is 8.42 Å². The van der Waals surface area contributed by atoms with Crippen LogP contribution >= 0.6 is 11.6 Å². The second-order valence-corrected chi connectivity index (χ2v) is 6.03. The van der Waals surface area contributed by atoms with Gasteiger partial charge in [-0.3, -0.25) is 4.72 Å². The molecule has 0 saturated carbocycles. The van der Waals surface area contributed by atoms with Gasteiger partial charge in [-0.1, -0.05) is 35.9 Å². The number of nitrogens with one attached hydrogen (secondary N) is 1. The number of rotatable bonds is 4. The predicted molar refractivity (Wildman–Crippen MR) is 76.6 cm³/mol. The molecule has 4 nitrogen and oxygen atoms in total. The number of para-hydroxylation sites is 1. The summed E-state index contributed by atoms with van der Waals surface area (Å²) in [5.74, 6) is 0. The van der Waals surface area contributed by atoms with Crippen LogP contribution in [0.15, 0.2) is 53.4 Å². The summed E-state index contributed by atoms with van der Waals surface area (Å²) in [5.41, 5.74) is 6.60. The molecule has 0 unspecified atom stereocenters. The first-order valence-corrected chi connectivity index (χ1v) is 7.45. The molecular formula is C13H13ClN2O2S. The second-order valence-electron chi connectivity index (χ2n) is 3.94. The third kappa shape index (κ3) is 3.26. The molecule has 0 aromatic heterocycles. The van der Waals surface area contributed by atoms with Crippen molar-refractivity contribution >= 4 is 27.3 Å². The minimum absolute atomic E-state index is 0.162. The van der Waals surface area contributed by atoms with Crippen molar-refractivity contribution in [2.24, 2.45) is 5.73 Å². The van der Waals surface area contributed by atoms with E-state index in [1.165, 1.54) is 6.07 Å². The smallest absolute Gasteiger partial charge is 0.261 e. The molecule has 0 aliphatic carbocycles. The lowest BCUT2D eigenvalue weighted by molar-refractivity contribution is 0.601. The lowest BCUT2D eigenvalue weighted by Crippen LogP contribution is -2.13. The first-order valence-electron chi connectivity index (χ1n) is 5.59. The van der Waals surface area contributed by atoms with Crippen LogP contribution in [-0.2, 0) is 16.6 Å². The van der Waals surface area contributed by atoms with E-state index >= 15 is 0 Å². The van der Waals surface area contributed by atoms with E-state index in [1.807, 2.05) is 0 Å². The normalized spacial score (nSPS) is 11.3. The minimum Gasteiger partial charge on any atom is -0.326 e. The van der Waals surface area contributed by atoms with Gasteiger partial charge in [-0.05, 0) is 29.8 Å². The highest BCUT2D eigenvalue weighted by Crippen LogP contribution is 2.24. The first kappa shape index (κ1) is 13.9. The van der Waals surface area contributed by atoms with E-state index in [1.54, 1.807) is 42.5 Å². The Labute approximate surface area is 117 Å². The minimum atomic E-state index is -3.66. The van der Waals surface area contributed by atoms with Gasteiger partial charge in [-0.15, -0.1) is 0 Å².